The van der Waals surface area contributed by atoms with E-state index in [2.05, 4.69) is 22.2 Å². The largest absolute Gasteiger partial charge is 0.478 e. The highest BCUT2D eigenvalue weighted by molar-refractivity contribution is 5.48. The molecule has 20 heavy (non-hydrogen) atoms. The second-order valence-corrected chi connectivity index (χ2v) is 5.74. The fourth-order valence-corrected chi connectivity index (χ4v) is 3.06. The van der Waals surface area contributed by atoms with Crippen molar-refractivity contribution in [2.75, 3.05) is 11.9 Å². The van der Waals surface area contributed by atoms with Crippen LogP contribution in [-0.2, 0) is 0 Å². The van der Waals surface area contributed by atoms with E-state index < -0.39 is 0 Å². The maximum absolute atomic E-state index is 5.52. The highest BCUT2D eigenvalue weighted by Crippen LogP contribution is 2.30. The monoisotopic (exact) mass is 277 g/mol. The van der Waals surface area contributed by atoms with Gasteiger partial charge < -0.3 is 10.1 Å². The fourth-order valence-electron chi connectivity index (χ4n) is 3.06. The molecule has 4 nitrogen and oxygen atoms in total. The van der Waals surface area contributed by atoms with Gasteiger partial charge in [-0.05, 0) is 45.4 Å². The van der Waals surface area contributed by atoms with Gasteiger partial charge in [0.05, 0.1) is 12.2 Å². The van der Waals surface area contributed by atoms with E-state index in [1.807, 2.05) is 13.8 Å². The molecule has 1 saturated carbocycles. The number of nitrogens with one attached hydrogen (secondary N) is 1. The minimum atomic E-state index is 0.547. The molecule has 0 spiro atoms. The minimum absolute atomic E-state index is 0.547. The molecule has 0 saturated heterocycles. The van der Waals surface area contributed by atoms with Gasteiger partial charge in [-0.3, -0.25) is 0 Å². The lowest BCUT2D eigenvalue weighted by Gasteiger charge is -2.29. The topological polar surface area (TPSA) is 47.0 Å². The first-order chi connectivity index (χ1) is 9.74. The lowest BCUT2D eigenvalue weighted by atomic mass is 9.83. The number of aromatic nitrogens is 2. The zero-order chi connectivity index (χ0) is 14.4. The Hall–Kier alpha value is -1.32. The Kier molecular flexibility index (Phi) is 5.62. The van der Waals surface area contributed by atoms with Crippen LogP contribution in [0.1, 0.15) is 57.9 Å². The lowest BCUT2D eigenvalue weighted by molar-refractivity contribution is 0.316. The maximum atomic E-state index is 5.52. The SMILES string of the molecule is CCCC1CCC(Nc2ncnc(OCC)c2C)CC1. The average molecular weight is 277 g/mol. The van der Waals surface area contributed by atoms with E-state index in [-0.39, 0.29) is 0 Å². The summed E-state index contributed by atoms with van der Waals surface area (Å²) in [5, 5.41) is 3.58. The quantitative estimate of drug-likeness (QED) is 0.855. The van der Waals surface area contributed by atoms with Crippen LogP contribution in [0.2, 0.25) is 0 Å². The third-order valence-electron chi connectivity index (χ3n) is 4.20. The van der Waals surface area contributed by atoms with Crippen molar-refractivity contribution in [3.63, 3.8) is 0 Å². The van der Waals surface area contributed by atoms with Gasteiger partial charge in [0.15, 0.2) is 0 Å². The molecule has 0 unspecified atom stereocenters. The molecule has 1 aromatic rings. The highest BCUT2D eigenvalue weighted by atomic mass is 16.5. The van der Waals surface area contributed by atoms with E-state index >= 15 is 0 Å². The van der Waals surface area contributed by atoms with E-state index in [0.717, 1.165) is 17.3 Å². The van der Waals surface area contributed by atoms with Crippen molar-refractivity contribution in [3.05, 3.63) is 11.9 Å². The zero-order valence-corrected chi connectivity index (χ0v) is 13.0. The first-order valence-corrected chi connectivity index (χ1v) is 7.95. The number of nitrogens with zero attached hydrogens (tertiary/aromatic N) is 2. The van der Waals surface area contributed by atoms with Gasteiger partial charge in [-0.15, -0.1) is 0 Å². The van der Waals surface area contributed by atoms with Crippen molar-refractivity contribution < 1.29 is 4.74 Å². The van der Waals surface area contributed by atoms with Crippen LogP contribution >= 0.6 is 0 Å². The van der Waals surface area contributed by atoms with Gasteiger partial charge in [0.25, 0.3) is 0 Å². The predicted octanol–water partition coefficient (Wildman–Crippen LogP) is 3.95. The molecule has 0 radical (unpaired) electrons. The number of anilines is 1. The fraction of sp³-hybridized carbons (Fsp3) is 0.750. The summed E-state index contributed by atoms with van der Waals surface area (Å²) >= 11 is 0. The van der Waals surface area contributed by atoms with Crippen molar-refractivity contribution in [2.45, 2.75) is 65.3 Å². The van der Waals surface area contributed by atoms with Crippen LogP contribution in [0.15, 0.2) is 6.33 Å². The minimum Gasteiger partial charge on any atom is -0.478 e. The molecule has 4 heteroatoms. The normalized spacial score (nSPS) is 22.6. The Bertz CT molecular complexity index is 414. The van der Waals surface area contributed by atoms with Gasteiger partial charge >= 0.3 is 0 Å². The third-order valence-corrected chi connectivity index (χ3v) is 4.20. The Balaban J connectivity index is 1.92. The van der Waals surface area contributed by atoms with Gasteiger partial charge in [-0.2, -0.15) is 0 Å². The van der Waals surface area contributed by atoms with Gasteiger partial charge in [0.1, 0.15) is 12.1 Å². The molecule has 0 bridgehead atoms. The van der Waals surface area contributed by atoms with Crippen molar-refractivity contribution in [2.24, 2.45) is 5.92 Å². The summed E-state index contributed by atoms with van der Waals surface area (Å²) in [6.45, 7) is 6.92. The molecule has 2 rings (SSSR count). The maximum Gasteiger partial charge on any atom is 0.221 e. The molecule has 1 aromatic heterocycles. The van der Waals surface area contributed by atoms with E-state index in [0.29, 0.717) is 18.5 Å². The van der Waals surface area contributed by atoms with Gasteiger partial charge in [0, 0.05) is 6.04 Å². The second kappa shape index (κ2) is 7.46. The van der Waals surface area contributed by atoms with Crippen LogP contribution in [0.5, 0.6) is 5.88 Å². The highest BCUT2D eigenvalue weighted by Gasteiger charge is 2.21. The van der Waals surface area contributed by atoms with Crippen molar-refractivity contribution in [3.8, 4) is 5.88 Å². The predicted molar refractivity (Wildman–Crippen MR) is 82.2 cm³/mol. The van der Waals surface area contributed by atoms with Crippen LogP contribution in [0.3, 0.4) is 0 Å². The summed E-state index contributed by atoms with van der Waals surface area (Å²) in [6, 6.07) is 0.547. The van der Waals surface area contributed by atoms with E-state index in [1.165, 1.54) is 38.5 Å². The average Bonchev–Trinajstić information content (AvgIpc) is 2.46. The molecule has 1 heterocycles. The smallest absolute Gasteiger partial charge is 0.221 e. The van der Waals surface area contributed by atoms with Gasteiger partial charge in [-0.1, -0.05) is 19.8 Å². The first kappa shape index (κ1) is 15.1. The molecule has 1 N–H and O–H groups in total. The van der Waals surface area contributed by atoms with Crippen molar-refractivity contribution >= 4 is 5.82 Å². The van der Waals surface area contributed by atoms with Gasteiger partial charge in [0.2, 0.25) is 5.88 Å². The Morgan fingerprint density at radius 2 is 1.95 bits per heavy atom. The molecule has 0 aliphatic heterocycles. The number of hydrogen-bond acceptors (Lipinski definition) is 4. The second-order valence-electron chi connectivity index (χ2n) is 5.74. The summed E-state index contributed by atoms with van der Waals surface area (Å²) in [7, 11) is 0. The van der Waals surface area contributed by atoms with Crippen LogP contribution in [-0.4, -0.2) is 22.6 Å². The van der Waals surface area contributed by atoms with Crippen molar-refractivity contribution in [1.82, 2.24) is 9.97 Å². The van der Waals surface area contributed by atoms with Gasteiger partial charge in [-0.25, -0.2) is 9.97 Å². The van der Waals surface area contributed by atoms with Crippen LogP contribution in [0, 0.1) is 12.8 Å². The lowest BCUT2D eigenvalue weighted by Crippen LogP contribution is -2.27. The summed E-state index contributed by atoms with van der Waals surface area (Å²) in [5.74, 6) is 2.57. The third kappa shape index (κ3) is 3.84. The summed E-state index contributed by atoms with van der Waals surface area (Å²) < 4.78 is 5.52. The number of ether oxygens (including phenoxy) is 1. The van der Waals surface area contributed by atoms with Crippen molar-refractivity contribution in [1.29, 1.82) is 0 Å². The van der Waals surface area contributed by atoms with Crippen LogP contribution in [0.4, 0.5) is 5.82 Å². The van der Waals surface area contributed by atoms with E-state index in [4.69, 9.17) is 4.74 Å². The Morgan fingerprint density at radius 3 is 2.60 bits per heavy atom. The van der Waals surface area contributed by atoms with E-state index in [1.54, 1.807) is 6.33 Å². The molecule has 0 atom stereocenters. The van der Waals surface area contributed by atoms with Crippen LogP contribution < -0.4 is 10.1 Å². The summed E-state index contributed by atoms with van der Waals surface area (Å²) in [4.78, 5) is 8.55. The molecule has 112 valence electrons. The summed E-state index contributed by atoms with van der Waals surface area (Å²) in [6.07, 6.45) is 9.46. The van der Waals surface area contributed by atoms with E-state index in [9.17, 15) is 0 Å². The van der Waals surface area contributed by atoms with Crippen LogP contribution in [0.25, 0.3) is 0 Å². The standard InChI is InChI=1S/C16H27N3O/c1-4-6-13-7-9-14(10-8-13)19-15-12(3)16(20-5-2)18-11-17-15/h11,13-14H,4-10H2,1-3H3,(H,17,18,19). The zero-order valence-electron chi connectivity index (χ0n) is 13.0. The Morgan fingerprint density at radius 1 is 1.20 bits per heavy atom. The molecule has 1 aliphatic rings. The molecular weight excluding hydrogens is 250 g/mol. The molecule has 1 aliphatic carbocycles. The first-order valence-electron chi connectivity index (χ1n) is 7.95. The molecule has 0 aromatic carbocycles. The summed E-state index contributed by atoms with van der Waals surface area (Å²) in [5.41, 5.74) is 1.02. The number of hydrogen-bond donors (Lipinski definition) is 1. The molecule has 0 amide bonds. The molecular formula is C16H27N3O. The Labute approximate surface area is 122 Å². The molecule has 1 fully saturated rings. The number of rotatable bonds is 6.